The first kappa shape index (κ1) is 12.7. The van der Waals surface area contributed by atoms with Crippen LogP contribution in [-0.4, -0.2) is 20.3 Å². The molecule has 1 aromatic rings. The summed E-state index contributed by atoms with van der Waals surface area (Å²) in [5.74, 6) is 4.24. The highest BCUT2D eigenvalue weighted by molar-refractivity contribution is 5.17. The first-order valence-corrected chi connectivity index (χ1v) is 6.49. The fraction of sp³-hybridized carbons (Fsp3) is 0.714. The summed E-state index contributed by atoms with van der Waals surface area (Å²) in [5.41, 5.74) is 0. The highest BCUT2D eigenvalue weighted by Crippen LogP contribution is 2.47. The summed E-state index contributed by atoms with van der Waals surface area (Å²) < 4.78 is 10.9. The Morgan fingerprint density at radius 3 is 2.94 bits per heavy atom. The van der Waals surface area contributed by atoms with Crippen molar-refractivity contribution in [1.82, 2.24) is 5.32 Å². The lowest BCUT2D eigenvalue weighted by atomic mass is 10.2. The maximum atomic E-state index is 5.83. The molecule has 96 valence electrons. The molecule has 1 aliphatic carbocycles. The van der Waals surface area contributed by atoms with Gasteiger partial charge in [-0.25, -0.2) is 0 Å². The molecule has 1 aliphatic rings. The Kier molecular flexibility index (Phi) is 4.24. The van der Waals surface area contributed by atoms with E-state index in [-0.39, 0.29) is 0 Å². The predicted octanol–water partition coefficient (Wildman–Crippen LogP) is 2.78. The Morgan fingerprint density at radius 1 is 1.53 bits per heavy atom. The molecule has 1 N–H and O–H groups in total. The molecule has 17 heavy (non-hydrogen) atoms. The maximum absolute atomic E-state index is 5.83. The van der Waals surface area contributed by atoms with E-state index in [1.54, 1.807) is 7.11 Å². The second-order valence-corrected chi connectivity index (χ2v) is 5.31. The van der Waals surface area contributed by atoms with Gasteiger partial charge in [-0.1, -0.05) is 13.8 Å². The topological polar surface area (TPSA) is 34.4 Å². The first-order chi connectivity index (χ1) is 8.20. The van der Waals surface area contributed by atoms with Crippen LogP contribution in [0, 0.1) is 11.8 Å². The third-order valence-electron chi connectivity index (χ3n) is 3.40. The van der Waals surface area contributed by atoms with E-state index in [1.165, 1.54) is 12.2 Å². The molecule has 3 nitrogen and oxygen atoms in total. The summed E-state index contributed by atoms with van der Waals surface area (Å²) in [6, 6.07) is 4.22. The van der Waals surface area contributed by atoms with Crippen LogP contribution in [0.3, 0.4) is 0 Å². The zero-order valence-corrected chi connectivity index (χ0v) is 11.0. The highest BCUT2D eigenvalue weighted by Gasteiger charge is 2.36. The number of hydrogen-bond donors (Lipinski definition) is 1. The Bertz CT molecular complexity index is 348. The van der Waals surface area contributed by atoms with E-state index in [1.807, 2.05) is 0 Å². The van der Waals surface area contributed by atoms with E-state index in [9.17, 15) is 0 Å². The van der Waals surface area contributed by atoms with Crippen LogP contribution in [0.4, 0.5) is 0 Å². The molecular formula is C14H23NO2. The fourth-order valence-corrected chi connectivity index (χ4v) is 2.19. The van der Waals surface area contributed by atoms with Gasteiger partial charge in [-0.3, -0.25) is 0 Å². The average Bonchev–Trinajstić information content (AvgIpc) is 2.84. The maximum Gasteiger partial charge on any atom is 0.117 e. The van der Waals surface area contributed by atoms with E-state index < -0.39 is 0 Å². The van der Waals surface area contributed by atoms with Crippen molar-refractivity contribution in [3.8, 4) is 0 Å². The molecule has 0 spiro atoms. The van der Waals surface area contributed by atoms with Gasteiger partial charge in [0.25, 0.3) is 0 Å². The molecule has 3 atom stereocenters. The van der Waals surface area contributed by atoms with Crippen molar-refractivity contribution < 1.29 is 9.15 Å². The third kappa shape index (κ3) is 3.58. The van der Waals surface area contributed by atoms with Crippen LogP contribution in [0.5, 0.6) is 0 Å². The van der Waals surface area contributed by atoms with Crippen molar-refractivity contribution in [3.63, 3.8) is 0 Å². The molecular weight excluding hydrogens is 214 g/mol. The lowest BCUT2D eigenvalue weighted by Crippen LogP contribution is -2.23. The van der Waals surface area contributed by atoms with Crippen molar-refractivity contribution in [2.45, 2.75) is 32.7 Å². The zero-order chi connectivity index (χ0) is 12.3. The summed E-state index contributed by atoms with van der Waals surface area (Å²) in [5, 5.41) is 3.40. The van der Waals surface area contributed by atoms with Crippen LogP contribution in [0.15, 0.2) is 16.5 Å². The number of furan rings is 1. The van der Waals surface area contributed by atoms with E-state index in [0.29, 0.717) is 11.8 Å². The quantitative estimate of drug-likeness (QED) is 0.792. The summed E-state index contributed by atoms with van der Waals surface area (Å²) in [6.45, 7) is 7.03. The van der Waals surface area contributed by atoms with Gasteiger partial charge in [-0.2, -0.15) is 0 Å². The minimum Gasteiger partial charge on any atom is -0.464 e. The van der Waals surface area contributed by atoms with Crippen LogP contribution >= 0.6 is 0 Å². The van der Waals surface area contributed by atoms with Crippen LogP contribution in [0.2, 0.25) is 0 Å². The number of rotatable bonds is 7. The van der Waals surface area contributed by atoms with Gasteiger partial charge >= 0.3 is 0 Å². The Morgan fingerprint density at radius 2 is 2.29 bits per heavy atom. The van der Waals surface area contributed by atoms with Gasteiger partial charge in [0.1, 0.15) is 11.5 Å². The molecule has 0 bridgehead atoms. The third-order valence-corrected chi connectivity index (χ3v) is 3.40. The smallest absolute Gasteiger partial charge is 0.117 e. The molecule has 0 aliphatic heterocycles. The monoisotopic (exact) mass is 237 g/mol. The average molecular weight is 237 g/mol. The molecule has 1 heterocycles. The molecule has 3 heteroatoms. The number of methoxy groups -OCH3 is 1. The number of hydrogen-bond acceptors (Lipinski definition) is 3. The lowest BCUT2D eigenvalue weighted by Gasteiger charge is -2.10. The van der Waals surface area contributed by atoms with E-state index >= 15 is 0 Å². The summed E-state index contributed by atoms with van der Waals surface area (Å²) in [7, 11) is 1.74. The van der Waals surface area contributed by atoms with Crippen LogP contribution in [0.25, 0.3) is 0 Å². The summed E-state index contributed by atoms with van der Waals surface area (Å²) in [6.07, 6.45) is 1.28. The van der Waals surface area contributed by atoms with Gasteiger partial charge in [0.2, 0.25) is 0 Å². The van der Waals surface area contributed by atoms with Crippen molar-refractivity contribution in [2.75, 3.05) is 20.3 Å². The van der Waals surface area contributed by atoms with E-state index in [2.05, 4.69) is 31.3 Å². The molecule has 1 aromatic heterocycles. The van der Waals surface area contributed by atoms with Gasteiger partial charge in [0.15, 0.2) is 0 Å². The molecule has 0 amide bonds. The molecule has 0 saturated heterocycles. The molecule has 1 saturated carbocycles. The minimum atomic E-state index is 0.540. The predicted molar refractivity (Wildman–Crippen MR) is 68.0 cm³/mol. The molecule has 2 rings (SSSR count). The molecule has 0 radical (unpaired) electrons. The van der Waals surface area contributed by atoms with Gasteiger partial charge < -0.3 is 14.5 Å². The second-order valence-electron chi connectivity index (χ2n) is 5.31. The van der Waals surface area contributed by atoms with Gasteiger partial charge in [0, 0.05) is 26.2 Å². The molecule has 3 unspecified atom stereocenters. The second kappa shape index (κ2) is 5.69. The van der Waals surface area contributed by atoms with Crippen LogP contribution in [0.1, 0.15) is 37.7 Å². The molecule has 0 aromatic carbocycles. The standard InChI is InChI=1S/C14H23NO2/c1-10(9-16-3)7-15-8-12-4-5-14(17-12)13-6-11(13)2/h4-5,10-11,13,15H,6-9H2,1-3H3. The summed E-state index contributed by atoms with van der Waals surface area (Å²) >= 11 is 0. The molecule has 1 fully saturated rings. The van der Waals surface area contributed by atoms with Crippen molar-refractivity contribution >= 4 is 0 Å². The zero-order valence-electron chi connectivity index (χ0n) is 11.0. The van der Waals surface area contributed by atoms with Crippen molar-refractivity contribution in [3.05, 3.63) is 23.7 Å². The van der Waals surface area contributed by atoms with Gasteiger partial charge in [0.05, 0.1) is 6.54 Å². The fourth-order valence-electron chi connectivity index (χ4n) is 2.19. The van der Waals surface area contributed by atoms with Crippen molar-refractivity contribution in [2.24, 2.45) is 11.8 Å². The Balaban J connectivity index is 1.70. The van der Waals surface area contributed by atoms with Gasteiger partial charge in [-0.05, 0) is 30.4 Å². The largest absolute Gasteiger partial charge is 0.464 e. The van der Waals surface area contributed by atoms with E-state index in [0.717, 1.165) is 31.4 Å². The Labute approximate surface area is 104 Å². The number of ether oxygens (including phenoxy) is 1. The first-order valence-electron chi connectivity index (χ1n) is 6.49. The van der Waals surface area contributed by atoms with Crippen LogP contribution < -0.4 is 5.32 Å². The number of nitrogens with one attached hydrogen (secondary N) is 1. The SMILES string of the molecule is COCC(C)CNCc1ccc(C2CC2C)o1. The van der Waals surface area contributed by atoms with Crippen LogP contribution in [-0.2, 0) is 11.3 Å². The van der Waals surface area contributed by atoms with Gasteiger partial charge in [-0.15, -0.1) is 0 Å². The van der Waals surface area contributed by atoms with E-state index in [4.69, 9.17) is 9.15 Å². The minimum absolute atomic E-state index is 0.540. The normalized spacial score (nSPS) is 24.9. The summed E-state index contributed by atoms with van der Waals surface area (Å²) in [4.78, 5) is 0. The Hall–Kier alpha value is -0.800. The lowest BCUT2D eigenvalue weighted by molar-refractivity contribution is 0.158. The van der Waals surface area contributed by atoms with Crippen molar-refractivity contribution in [1.29, 1.82) is 0 Å². The highest BCUT2D eigenvalue weighted by atomic mass is 16.5.